The van der Waals surface area contributed by atoms with Crippen molar-refractivity contribution in [2.24, 2.45) is 0 Å². The Bertz CT molecular complexity index is 789. The average Bonchev–Trinajstić information content (AvgIpc) is 2.53. The van der Waals surface area contributed by atoms with E-state index < -0.39 is 0 Å². The van der Waals surface area contributed by atoms with Gasteiger partial charge in [-0.1, -0.05) is 42.5 Å². The highest BCUT2D eigenvalue weighted by Crippen LogP contribution is 2.48. The lowest BCUT2D eigenvalue weighted by Gasteiger charge is -2.28. The molecule has 0 unspecified atom stereocenters. The Labute approximate surface area is 128 Å². The summed E-state index contributed by atoms with van der Waals surface area (Å²) < 4.78 is 5.87. The maximum atomic E-state index is 9.72. The van der Waals surface area contributed by atoms with Crippen molar-refractivity contribution in [2.45, 2.75) is 5.92 Å². The molecule has 0 bridgehead atoms. The largest absolute Gasteiger partial charge is 0.508 e. The molecule has 108 valence electrons. The average molecular weight is 290 g/mol. The number of rotatable bonds is 1. The van der Waals surface area contributed by atoms with Gasteiger partial charge in [0.25, 0.3) is 0 Å². The van der Waals surface area contributed by atoms with Gasteiger partial charge in [0.15, 0.2) is 0 Å². The van der Waals surface area contributed by atoms with E-state index in [1.165, 1.54) is 0 Å². The van der Waals surface area contributed by atoms with Crippen molar-refractivity contribution in [2.75, 3.05) is 0 Å². The molecule has 0 aliphatic carbocycles. The van der Waals surface area contributed by atoms with Crippen molar-refractivity contribution < 1.29 is 14.9 Å². The van der Waals surface area contributed by atoms with Crippen molar-refractivity contribution in [3.63, 3.8) is 0 Å². The van der Waals surface area contributed by atoms with Gasteiger partial charge in [-0.2, -0.15) is 0 Å². The molecule has 1 aliphatic rings. The Kier molecular flexibility index (Phi) is 2.79. The van der Waals surface area contributed by atoms with E-state index >= 15 is 0 Å². The van der Waals surface area contributed by atoms with Crippen LogP contribution in [0.25, 0.3) is 0 Å². The van der Waals surface area contributed by atoms with Gasteiger partial charge in [-0.05, 0) is 17.7 Å². The molecule has 0 saturated carbocycles. The Morgan fingerprint density at radius 2 is 1.23 bits per heavy atom. The first-order valence-corrected chi connectivity index (χ1v) is 7.11. The second-order valence-electron chi connectivity index (χ2n) is 5.39. The van der Waals surface area contributed by atoms with Crippen LogP contribution in [0.3, 0.4) is 0 Å². The van der Waals surface area contributed by atoms with Gasteiger partial charge in [-0.15, -0.1) is 0 Å². The predicted molar refractivity (Wildman–Crippen MR) is 83.7 cm³/mol. The SMILES string of the molecule is Oc1ccc2c(c1)Oc1cc(O)ccc1C2c1ccccc1. The third-order valence-corrected chi connectivity index (χ3v) is 3.97. The van der Waals surface area contributed by atoms with Gasteiger partial charge in [-0.25, -0.2) is 0 Å². The van der Waals surface area contributed by atoms with Gasteiger partial charge >= 0.3 is 0 Å². The molecule has 1 heterocycles. The second kappa shape index (κ2) is 4.81. The molecule has 3 aromatic carbocycles. The maximum absolute atomic E-state index is 9.72. The molecule has 22 heavy (non-hydrogen) atoms. The molecule has 0 aromatic heterocycles. The fourth-order valence-corrected chi connectivity index (χ4v) is 2.99. The highest BCUT2D eigenvalue weighted by molar-refractivity contribution is 5.60. The van der Waals surface area contributed by atoms with E-state index in [-0.39, 0.29) is 17.4 Å². The van der Waals surface area contributed by atoms with E-state index in [4.69, 9.17) is 4.74 Å². The van der Waals surface area contributed by atoms with Crippen LogP contribution >= 0.6 is 0 Å². The van der Waals surface area contributed by atoms with E-state index in [2.05, 4.69) is 12.1 Å². The third kappa shape index (κ3) is 1.99. The second-order valence-corrected chi connectivity index (χ2v) is 5.39. The fourth-order valence-electron chi connectivity index (χ4n) is 2.99. The van der Waals surface area contributed by atoms with Gasteiger partial charge in [0.1, 0.15) is 23.0 Å². The summed E-state index contributed by atoms with van der Waals surface area (Å²) in [4.78, 5) is 0. The predicted octanol–water partition coefficient (Wildman–Crippen LogP) is 4.38. The summed E-state index contributed by atoms with van der Waals surface area (Å²) in [5.74, 6) is 1.57. The normalized spacial score (nSPS) is 13.1. The molecular formula is C19H14O3. The summed E-state index contributed by atoms with van der Waals surface area (Å²) in [6, 6.07) is 20.5. The van der Waals surface area contributed by atoms with E-state index in [9.17, 15) is 10.2 Å². The van der Waals surface area contributed by atoms with Crippen LogP contribution in [0.15, 0.2) is 66.7 Å². The molecule has 3 heteroatoms. The van der Waals surface area contributed by atoms with Crippen molar-refractivity contribution in [3.8, 4) is 23.0 Å². The Morgan fingerprint density at radius 1 is 0.682 bits per heavy atom. The number of phenols is 2. The van der Waals surface area contributed by atoms with Crippen molar-refractivity contribution in [1.82, 2.24) is 0 Å². The first-order valence-electron chi connectivity index (χ1n) is 7.11. The molecule has 0 spiro atoms. The van der Waals surface area contributed by atoms with Crippen molar-refractivity contribution >= 4 is 0 Å². The molecule has 3 aromatic rings. The summed E-state index contributed by atoms with van der Waals surface area (Å²) in [7, 11) is 0. The van der Waals surface area contributed by atoms with Crippen LogP contribution in [-0.4, -0.2) is 10.2 Å². The van der Waals surface area contributed by atoms with Crippen LogP contribution < -0.4 is 4.74 Å². The van der Waals surface area contributed by atoms with Crippen molar-refractivity contribution in [3.05, 3.63) is 83.4 Å². The highest BCUT2D eigenvalue weighted by atomic mass is 16.5. The molecule has 0 atom stereocenters. The summed E-state index contributed by atoms with van der Waals surface area (Å²) in [6.07, 6.45) is 0. The number of hydrogen-bond donors (Lipinski definition) is 2. The minimum atomic E-state index is 0.0150. The lowest BCUT2D eigenvalue weighted by atomic mass is 9.82. The van der Waals surface area contributed by atoms with E-state index in [0.29, 0.717) is 11.5 Å². The van der Waals surface area contributed by atoms with Crippen LogP contribution in [0.5, 0.6) is 23.0 Å². The zero-order valence-electron chi connectivity index (χ0n) is 11.7. The first kappa shape index (κ1) is 12.8. The van der Waals surface area contributed by atoms with Crippen LogP contribution in [0, 0.1) is 0 Å². The Hall–Kier alpha value is -2.94. The van der Waals surface area contributed by atoms with Crippen LogP contribution in [-0.2, 0) is 0 Å². The number of hydrogen-bond acceptors (Lipinski definition) is 3. The molecule has 2 N–H and O–H groups in total. The summed E-state index contributed by atoms with van der Waals surface area (Å²) >= 11 is 0. The zero-order valence-corrected chi connectivity index (χ0v) is 11.7. The zero-order chi connectivity index (χ0) is 15.1. The van der Waals surface area contributed by atoms with Gasteiger partial charge in [0, 0.05) is 29.2 Å². The number of ether oxygens (including phenoxy) is 1. The summed E-state index contributed by atoms with van der Waals surface area (Å²) in [6.45, 7) is 0. The van der Waals surface area contributed by atoms with E-state index in [0.717, 1.165) is 16.7 Å². The number of aromatic hydroxyl groups is 2. The number of fused-ring (bicyclic) bond motifs is 2. The van der Waals surface area contributed by atoms with Gasteiger partial charge in [0.05, 0.1) is 0 Å². The number of phenolic OH excluding ortho intramolecular Hbond substituents is 2. The topological polar surface area (TPSA) is 49.7 Å². The summed E-state index contributed by atoms with van der Waals surface area (Å²) in [5, 5.41) is 19.4. The van der Waals surface area contributed by atoms with Crippen molar-refractivity contribution in [1.29, 1.82) is 0 Å². The standard InChI is InChI=1S/C19H14O3/c20-13-6-8-15-17(10-13)22-18-11-14(21)7-9-16(18)19(15)12-4-2-1-3-5-12/h1-11,19-21H. The van der Waals surface area contributed by atoms with E-state index in [1.807, 2.05) is 30.3 Å². The lowest BCUT2D eigenvalue weighted by molar-refractivity contribution is 0.428. The van der Waals surface area contributed by atoms with E-state index in [1.54, 1.807) is 24.3 Å². The molecular weight excluding hydrogens is 276 g/mol. The van der Waals surface area contributed by atoms with Gasteiger partial charge in [-0.3, -0.25) is 0 Å². The Morgan fingerprint density at radius 3 is 1.77 bits per heavy atom. The molecule has 0 fully saturated rings. The van der Waals surface area contributed by atoms with Crippen LogP contribution in [0.1, 0.15) is 22.6 Å². The molecule has 0 saturated heterocycles. The highest BCUT2D eigenvalue weighted by Gasteiger charge is 2.29. The van der Waals surface area contributed by atoms with Crippen LogP contribution in [0.2, 0.25) is 0 Å². The first-order chi connectivity index (χ1) is 10.7. The molecule has 0 radical (unpaired) electrons. The monoisotopic (exact) mass is 290 g/mol. The fraction of sp³-hybridized carbons (Fsp3) is 0.0526. The molecule has 4 rings (SSSR count). The molecule has 3 nitrogen and oxygen atoms in total. The van der Waals surface area contributed by atoms with Gasteiger partial charge in [0.2, 0.25) is 0 Å². The minimum absolute atomic E-state index is 0.0150. The summed E-state index contributed by atoms with van der Waals surface area (Å²) in [5.41, 5.74) is 3.15. The Balaban J connectivity index is 1.97. The quantitative estimate of drug-likeness (QED) is 0.547. The maximum Gasteiger partial charge on any atom is 0.135 e. The van der Waals surface area contributed by atoms with Crippen LogP contribution in [0.4, 0.5) is 0 Å². The number of benzene rings is 3. The lowest BCUT2D eigenvalue weighted by Crippen LogP contribution is -2.11. The minimum Gasteiger partial charge on any atom is -0.508 e. The molecule has 0 amide bonds. The smallest absolute Gasteiger partial charge is 0.135 e. The molecule has 1 aliphatic heterocycles. The third-order valence-electron chi connectivity index (χ3n) is 3.97. The van der Waals surface area contributed by atoms with Gasteiger partial charge < -0.3 is 14.9 Å².